The summed E-state index contributed by atoms with van der Waals surface area (Å²) in [4.78, 5) is 24.5. The van der Waals surface area contributed by atoms with E-state index in [2.05, 4.69) is 10.6 Å². The Morgan fingerprint density at radius 3 is 2.09 bits per heavy atom. The fraction of sp³-hybridized carbons (Fsp3) is 0.529. The van der Waals surface area contributed by atoms with Gasteiger partial charge in [-0.25, -0.2) is 0 Å². The van der Waals surface area contributed by atoms with Gasteiger partial charge in [0, 0.05) is 11.7 Å². The van der Waals surface area contributed by atoms with Gasteiger partial charge >= 0.3 is 0 Å². The van der Waals surface area contributed by atoms with E-state index in [0.717, 1.165) is 5.75 Å². The first-order chi connectivity index (χ1) is 10.3. The maximum atomic E-state index is 12.4. The minimum atomic E-state index is -0.891. The molecule has 0 saturated heterocycles. The molecule has 2 N–H and O–H groups in total. The molecule has 2 rings (SSSR count). The van der Waals surface area contributed by atoms with E-state index in [4.69, 9.17) is 4.74 Å². The van der Waals surface area contributed by atoms with Crippen molar-refractivity contribution in [2.75, 3.05) is 5.32 Å². The summed E-state index contributed by atoms with van der Waals surface area (Å²) in [6.07, 6.45) is 1.31. The highest BCUT2D eigenvalue weighted by molar-refractivity contribution is 6.13. The average Bonchev–Trinajstić information content (AvgIpc) is 3.21. The first-order valence-electron chi connectivity index (χ1n) is 7.72. The third-order valence-corrected chi connectivity index (χ3v) is 3.52. The van der Waals surface area contributed by atoms with Gasteiger partial charge in [0.05, 0.1) is 6.10 Å². The zero-order valence-corrected chi connectivity index (χ0v) is 13.6. The quantitative estimate of drug-likeness (QED) is 0.794. The van der Waals surface area contributed by atoms with Crippen LogP contribution in [0.5, 0.6) is 5.75 Å². The molecule has 2 amide bonds. The number of rotatable bonds is 6. The van der Waals surface area contributed by atoms with E-state index < -0.39 is 5.41 Å². The number of amides is 2. The molecule has 0 spiro atoms. The van der Waals surface area contributed by atoms with Crippen molar-refractivity contribution in [3.63, 3.8) is 0 Å². The number of carbonyl (C=O) groups is 2. The third-order valence-electron chi connectivity index (χ3n) is 3.52. The monoisotopic (exact) mass is 304 g/mol. The molecular weight excluding hydrogens is 280 g/mol. The Hall–Kier alpha value is -2.04. The molecule has 0 bridgehead atoms. The van der Waals surface area contributed by atoms with E-state index in [-0.39, 0.29) is 24.0 Å². The third kappa shape index (κ3) is 3.78. The van der Waals surface area contributed by atoms with Crippen molar-refractivity contribution in [3.05, 3.63) is 24.3 Å². The lowest BCUT2D eigenvalue weighted by molar-refractivity contribution is -0.134. The molecular formula is C17H24N2O3. The highest BCUT2D eigenvalue weighted by Gasteiger charge is 2.56. The van der Waals surface area contributed by atoms with Gasteiger partial charge in [-0.05, 0) is 64.8 Å². The zero-order chi connectivity index (χ0) is 16.3. The lowest BCUT2D eigenvalue weighted by Gasteiger charge is -2.17. The fourth-order valence-electron chi connectivity index (χ4n) is 2.22. The predicted octanol–water partition coefficient (Wildman–Crippen LogP) is 2.72. The molecule has 5 heteroatoms. The van der Waals surface area contributed by atoms with Gasteiger partial charge in [-0.3, -0.25) is 9.59 Å². The van der Waals surface area contributed by atoms with Crippen LogP contribution in [-0.2, 0) is 9.59 Å². The van der Waals surface area contributed by atoms with Crippen molar-refractivity contribution < 1.29 is 14.3 Å². The van der Waals surface area contributed by atoms with Gasteiger partial charge in [0.2, 0.25) is 11.8 Å². The Morgan fingerprint density at radius 2 is 1.64 bits per heavy atom. The minimum absolute atomic E-state index is 0.0326. The molecule has 1 fully saturated rings. The summed E-state index contributed by atoms with van der Waals surface area (Å²) in [5, 5.41) is 5.65. The fourth-order valence-corrected chi connectivity index (χ4v) is 2.22. The van der Waals surface area contributed by atoms with Crippen LogP contribution >= 0.6 is 0 Å². The van der Waals surface area contributed by atoms with Gasteiger partial charge < -0.3 is 15.4 Å². The number of ether oxygens (including phenoxy) is 1. The summed E-state index contributed by atoms with van der Waals surface area (Å²) < 4.78 is 5.56. The van der Waals surface area contributed by atoms with Crippen LogP contribution in [-0.4, -0.2) is 24.0 Å². The topological polar surface area (TPSA) is 67.4 Å². The summed E-state index contributed by atoms with van der Waals surface area (Å²) in [6.45, 7) is 7.69. The normalized spacial score (nSPS) is 15.5. The van der Waals surface area contributed by atoms with Crippen molar-refractivity contribution >= 4 is 17.5 Å². The van der Waals surface area contributed by atoms with Gasteiger partial charge in [-0.2, -0.15) is 0 Å². The standard InChI is InChI=1S/C17H24N2O3/c1-11(2)18-15(20)17(9-10-17)16(21)19-13-5-7-14(8-6-13)22-12(3)4/h5-8,11-12H,9-10H2,1-4H3,(H,18,20)(H,19,21). The second kappa shape index (κ2) is 6.38. The molecule has 1 aliphatic carbocycles. The van der Waals surface area contributed by atoms with Crippen LogP contribution in [0.4, 0.5) is 5.69 Å². The number of hydrogen-bond donors (Lipinski definition) is 2. The number of anilines is 1. The van der Waals surface area contributed by atoms with Gasteiger partial charge in [-0.1, -0.05) is 0 Å². The molecule has 22 heavy (non-hydrogen) atoms. The molecule has 1 saturated carbocycles. The van der Waals surface area contributed by atoms with E-state index in [0.29, 0.717) is 18.5 Å². The molecule has 0 heterocycles. The molecule has 120 valence electrons. The molecule has 1 aliphatic rings. The van der Waals surface area contributed by atoms with Crippen LogP contribution in [0.25, 0.3) is 0 Å². The summed E-state index contributed by atoms with van der Waals surface area (Å²) >= 11 is 0. The molecule has 0 aliphatic heterocycles. The van der Waals surface area contributed by atoms with Gasteiger partial charge in [0.25, 0.3) is 0 Å². The molecule has 5 nitrogen and oxygen atoms in total. The minimum Gasteiger partial charge on any atom is -0.491 e. The molecule has 0 aromatic heterocycles. The Morgan fingerprint density at radius 1 is 1.05 bits per heavy atom. The second-order valence-corrected chi connectivity index (χ2v) is 6.36. The molecule has 0 radical (unpaired) electrons. The largest absolute Gasteiger partial charge is 0.491 e. The lowest BCUT2D eigenvalue weighted by Crippen LogP contribution is -2.42. The average molecular weight is 304 g/mol. The van der Waals surface area contributed by atoms with Crippen LogP contribution in [0, 0.1) is 5.41 Å². The zero-order valence-electron chi connectivity index (χ0n) is 13.6. The summed E-state index contributed by atoms with van der Waals surface area (Å²) in [6, 6.07) is 7.22. The van der Waals surface area contributed by atoms with Gasteiger partial charge in [-0.15, -0.1) is 0 Å². The van der Waals surface area contributed by atoms with Gasteiger partial charge in [0.15, 0.2) is 0 Å². The molecule has 1 aromatic carbocycles. The first kappa shape index (κ1) is 16.3. The number of carbonyl (C=O) groups excluding carboxylic acids is 2. The van der Waals surface area contributed by atoms with E-state index in [1.165, 1.54) is 0 Å². The van der Waals surface area contributed by atoms with Crippen molar-refractivity contribution in [2.45, 2.75) is 52.7 Å². The highest BCUT2D eigenvalue weighted by atomic mass is 16.5. The Labute approximate surface area is 131 Å². The lowest BCUT2D eigenvalue weighted by atomic mass is 10.0. The van der Waals surface area contributed by atoms with Crippen LogP contribution in [0.1, 0.15) is 40.5 Å². The number of hydrogen-bond acceptors (Lipinski definition) is 3. The van der Waals surface area contributed by atoms with Crippen LogP contribution in [0.15, 0.2) is 24.3 Å². The van der Waals surface area contributed by atoms with Crippen molar-refractivity contribution in [2.24, 2.45) is 5.41 Å². The van der Waals surface area contributed by atoms with E-state index in [9.17, 15) is 9.59 Å². The predicted molar refractivity (Wildman–Crippen MR) is 85.8 cm³/mol. The van der Waals surface area contributed by atoms with Gasteiger partial charge in [0.1, 0.15) is 11.2 Å². The van der Waals surface area contributed by atoms with E-state index in [1.807, 2.05) is 39.8 Å². The summed E-state index contributed by atoms with van der Waals surface area (Å²) in [5.41, 5.74) is -0.220. The molecule has 1 aromatic rings. The second-order valence-electron chi connectivity index (χ2n) is 6.36. The Balaban J connectivity index is 1.98. The molecule has 0 unspecified atom stereocenters. The Kier molecular flexibility index (Phi) is 4.74. The van der Waals surface area contributed by atoms with E-state index in [1.54, 1.807) is 12.1 Å². The summed E-state index contributed by atoms with van der Waals surface area (Å²) in [7, 11) is 0. The van der Waals surface area contributed by atoms with Crippen LogP contribution in [0.3, 0.4) is 0 Å². The van der Waals surface area contributed by atoms with Crippen molar-refractivity contribution in [1.29, 1.82) is 0 Å². The number of benzene rings is 1. The SMILES string of the molecule is CC(C)NC(=O)C1(C(=O)Nc2ccc(OC(C)C)cc2)CC1. The van der Waals surface area contributed by atoms with E-state index >= 15 is 0 Å². The highest BCUT2D eigenvalue weighted by Crippen LogP contribution is 2.47. The maximum absolute atomic E-state index is 12.4. The number of nitrogens with one attached hydrogen (secondary N) is 2. The first-order valence-corrected chi connectivity index (χ1v) is 7.72. The summed E-state index contributed by atoms with van der Waals surface area (Å²) in [5.74, 6) is 0.342. The molecule has 0 atom stereocenters. The Bertz CT molecular complexity index is 546. The smallest absolute Gasteiger partial charge is 0.240 e. The van der Waals surface area contributed by atoms with Crippen molar-refractivity contribution in [1.82, 2.24) is 5.32 Å². The van der Waals surface area contributed by atoms with Crippen LogP contribution < -0.4 is 15.4 Å². The van der Waals surface area contributed by atoms with Crippen molar-refractivity contribution in [3.8, 4) is 5.75 Å². The van der Waals surface area contributed by atoms with Crippen LogP contribution in [0.2, 0.25) is 0 Å². The maximum Gasteiger partial charge on any atom is 0.240 e.